The number of nitrogens with zero attached hydrogens (tertiary/aromatic N) is 4. The summed E-state index contributed by atoms with van der Waals surface area (Å²) in [6.45, 7) is 0.841. The van der Waals surface area contributed by atoms with Crippen LogP contribution >= 0.6 is 0 Å². The number of aromatic amines is 1. The minimum atomic E-state index is -0.722. The van der Waals surface area contributed by atoms with Crippen molar-refractivity contribution in [3.05, 3.63) is 70.5 Å². The van der Waals surface area contributed by atoms with E-state index in [1.807, 2.05) is 0 Å². The average molecular weight is 453 g/mol. The number of ketones is 1. The van der Waals surface area contributed by atoms with Gasteiger partial charge >= 0.3 is 0 Å². The molecule has 0 spiro atoms. The SMILES string of the molecule is O=C(Cc1ccc(F)cc1)C[C@@H]1C(=O)N(Cc2nn[nH]n2)C[C@H]1c1cc2c(cc1F)OCC2. The standard InChI is InChI=1S/C23H21F2N5O3/c24-15-3-1-13(2-4-15)7-16(31)9-18-19(11-30(23(18)32)12-22-26-28-29-27-22)17-8-14-5-6-33-21(14)10-20(17)25/h1-4,8,10,18-19H,5-7,9,11-12H2,(H,26,27,28,29)/t18-,19-/m0/s1. The molecule has 33 heavy (non-hydrogen) atoms. The van der Waals surface area contributed by atoms with Gasteiger partial charge in [-0.05, 0) is 34.9 Å². The summed E-state index contributed by atoms with van der Waals surface area (Å²) >= 11 is 0. The van der Waals surface area contributed by atoms with Gasteiger partial charge in [-0.25, -0.2) is 8.78 Å². The van der Waals surface area contributed by atoms with Crippen LogP contribution in [-0.2, 0) is 29.0 Å². The van der Waals surface area contributed by atoms with Gasteiger partial charge < -0.3 is 9.64 Å². The zero-order chi connectivity index (χ0) is 22.9. The van der Waals surface area contributed by atoms with E-state index < -0.39 is 17.7 Å². The van der Waals surface area contributed by atoms with Gasteiger partial charge in [0.05, 0.1) is 19.1 Å². The summed E-state index contributed by atoms with van der Waals surface area (Å²) in [5.74, 6) is -1.63. The first kappa shape index (κ1) is 21.2. The molecule has 1 aromatic heterocycles. The highest BCUT2D eigenvalue weighted by Gasteiger charge is 2.43. The molecule has 0 unspecified atom stereocenters. The quantitative estimate of drug-likeness (QED) is 0.590. The Labute approximate surface area is 187 Å². The molecule has 2 aliphatic rings. The van der Waals surface area contributed by atoms with Crippen molar-refractivity contribution in [2.24, 2.45) is 5.92 Å². The summed E-state index contributed by atoms with van der Waals surface area (Å²) in [6, 6.07) is 8.79. The molecule has 1 fully saturated rings. The van der Waals surface area contributed by atoms with Gasteiger partial charge in [0.15, 0.2) is 5.82 Å². The highest BCUT2D eigenvalue weighted by molar-refractivity contribution is 5.90. The van der Waals surface area contributed by atoms with Crippen LogP contribution < -0.4 is 4.74 Å². The normalized spacial score (nSPS) is 19.6. The molecule has 1 saturated heterocycles. The molecule has 1 amide bonds. The number of carbonyl (C=O) groups excluding carboxylic acids is 2. The molecule has 2 atom stereocenters. The molecule has 0 aliphatic carbocycles. The van der Waals surface area contributed by atoms with Crippen molar-refractivity contribution in [3.8, 4) is 5.75 Å². The van der Waals surface area contributed by atoms with E-state index in [1.165, 1.54) is 23.1 Å². The number of ether oxygens (including phenoxy) is 1. The van der Waals surface area contributed by atoms with E-state index in [0.717, 1.165) is 5.56 Å². The summed E-state index contributed by atoms with van der Waals surface area (Å²) in [7, 11) is 0. The highest BCUT2D eigenvalue weighted by Crippen LogP contribution is 2.40. The highest BCUT2D eigenvalue weighted by atomic mass is 19.1. The van der Waals surface area contributed by atoms with Crippen LogP contribution in [0.3, 0.4) is 0 Å². The number of carbonyl (C=O) groups is 2. The predicted octanol–water partition coefficient (Wildman–Crippen LogP) is 2.36. The fraction of sp³-hybridized carbons (Fsp3) is 0.348. The fourth-order valence-corrected chi connectivity index (χ4v) is 4.62. The van der Waals surface area contributed by atoms with Gasteiger partial charge in [0.25, 0.3) is 0 Å². The van der Waals surface area contributed by atoms with E-state index in [0.29, 0.717) is 35.7 Å². The van der Waals surface area contributed by atoms with Crippen LogP contribution in [0.25, 0.3) is 0 Å². The Morgan fingerprint density at radius 1 is 1.21 bits per heavy atom. The molecule has 0 bridgehead atoms. The van der Waals surface area contributed by atoms with Crippen LogP contribution in [0, 0.1) is 17.6 Å². The van der Waals surface area contributed by atoms with Crippen molar-refractivity contribution in [3.63, 3.8) is 0 Å². The maximum Gasteiger partial charge on any atom is 0.227 e. The first-order valence-electron chi connectivity index (χ1n) is 10.7. The van der Waals surface area contributed by atoms with Crippen molar-refractivity contribution in [2.45, 2.75) is 31.7 Å². The third kappa shape index (κ3) is 4.33. The molecule has 2 aromatic carbocycles. The number of halogens is 2. The lowest BCUT2D eigenvalue weighted by Gasteiger charge is -2.18. The van der Waals surface area contributed by atoms with Gasteiger partial charge in [0.1, 0.15) is 23.2 Å². The van der Waals surface area contributed by atoms with E-state index in [1.54, 1.807) is 18.2 Å². The fourth-order valence-electron chi connectivity index (χ4n) is 4.62. The van der Waals surface area contributed by atoms with E-state index >= 15 is 4.39 Å². The number of H-pyrrole nitrogens is 1. The lowest BCUT2D eigenvalue weighted by molar-refractivity contribution is -0.134. The van der Waals surface area contributed by atoms with Gasteiger partial charge in [0, 0.05) is 37.8 Å². The van der Waals surface area contributed by atoms with Crippen molar-refractivity contribution in [1.29, 1.82) is 0 Å². The van der Waals surface area contributed by atoms with Gasteiger partial charge in [-0.1, -0.05) is 17.3 Å². The zero-order valence-corrected chi connectivity index (χ0v) is 17.6. The number of tetrazole rings is 1. The van der Waals surface area contributed by atoms with E-state index in [2.05, 4.69) is 20.6 Å². The second kappa shape index (κ2) is 8.68. The van der Waals surface area contributed by atoms with E-state index in [4.69, 9.17) is 4.74 Å². The largest absolute Gasteiger partial charge is 0.493 e. The van der Waals surface area contributed by atoms with Crippen LogP contribution in [0.4, 0.5) is 8.78 Å². The van der Waals surface area contributed by atoms with Gasteiger partial charge in [0.2, 0.25) is 5.91 Å². The Bertz CT molecular complexity index is 1180. The van der Waals surface area contributed by atoms with Crippen molar-refractivity contribution in [2.75, 3.05) is 13.2 Å². The minimum absolute atomic E-state index is 0.0450. The number of nitrogens with one attached hydrogen (secondary N) is 1. The Morgan fingerprint density at radius 2 is 2.03 bits per heavy atom. The molecule has 8 nitrogen and oxygen atoms in total. The van der Waals surface area contributed by atoms with E-state index in [9.17, 15) is 14.0 Å². The second-order valence-electron chi connectivity index (χ2n) is 8.39. The molecule has 0 radical (unpaired) electrons. The number of hydrogen-bond acceptors (Lipinski definition) is 6. The molecule has 0 saturated carbocycles. The Balaban J connectivity index is 1.41. The number of rotatable bonds is 7. The number of likely N-dealkylation sites (tertiary alicyclic amines) is 1. The van der Waals surface area contributed by atoms with Crippen LogP contribution in [0.2, 0.25) is 0 Å². The predicted molar refractivity (Wildman–Crippen MR) is 111 cm³/mol. The van der Waals surface area contributed by atoms with Crippen LogP contribution in [0.15, 0.2) is 36.4 Å². The van der Waals surface area contributed by atoms with Crippen molar-refractivity contribution < 1.29 is 23.1 Å². The Hall–Kier alpha value is -3.69. The number of Topliss-reactive ketones (excluding diaryl/α,β-unsaturated/α-hetero) is 1. The average Bonchev–Trinajstić information content (AvgIpc) is 3.53. The molecule has 3 aromatic rings. The van der Waals surface area contributed by atoms with Gasteiger partial charge in [-0.15, -0.1) is 10.2 Å². The molecule has 1 N–H and O–H groups in total. The molecular weight excluding hydrogens is 432 g/mol. The number of aromatic nitrogens is 4. The molecule has 5 rings (SSSR count). The topological polar surface area (TPSA) is 101 Å². The Kier molecular flexibility index (Phi) is 5.57. The summed E-state index contributed by atoms with van der Waals surface area (Å²) in [5, 5.41) is 13.7. The zero-order valence-electron chi connectivity index (χ0n) is 17.6. The first-order chi connectivity index (χ1) is 16.0. The molecule has 170 valence electrons. The van der Waals surface area contributed by atoms with Gasteiger partial charge in [-0.3, -0.25) is 9.59 Å². The second-order valence-corrected chi connectivity index (χ2v) is 8.39. The maximum atomic E-state index is 15.1. The molecule has 10 heteroatoms. The smallest absolute Gasteiger partial charge is 0.227 e. The number of amides is 1. The lowest BCUT2D eigenvalue weighted by Crippen LogP contribution is -2.28. The van der Waals surface area contributed by atoms with Crippen LogP contribution in [0.5, 0.6) is 5.75 Å². The Morgan fingerprint density at radius 3 is 2.79 bits per heavy atom. The maximum absolute atomic E-state index is 15.1. The van der Waals surface area contributed by atoms with Crippen LogP contribution in [-0.4, -0.2) is 50.4 Å². The van der Waals surface area contributed by atoms with Crippen LogP contribution in [0.1, 0.15) is 34.9 Å². The number of fused-ring (bicyclic) bond motifs is 1. The van der Waals surface area contributed by atoms with Crippen molar-refractivity contribution >= 4 is 11.7 Å². The van der Waals surface area contributed by atoms with Gasteiger partial charge in [-0.2, -0.15) is 5.21 Å². The minimum Gasteiger partial charge on any atom is -0.493 e. The molecular formula is C23H21F2N5O3. The third-order valence-electron chi connectivity index (χ3n) is 6.22. The monoisotopic (exact) mass is 453 g/mol. The summed E-state index contributed by atoms with van der Waals surface area (Å²) in [6.07, 6.45) is 0.697. The van der Waals surface area contributed by atoms with Crippen molar-refractivity contribution in [1.82, 2.24) is 25.5 Å². The summed E-state index contributed by atoms with van der Waals surface area (Å²) in [4.78, 5) is 27.7. The molecule has 3 heterocycles. The third-order valence-corrected chi connectivity index (χ3v) is 6.22. The summed E-state index contributed by atoms with van der Waals surface area (Å²) < 4.78 is 33.7. The van der Waals surface area contributed by atoms with E-state index in [-0.39, 0.29) is 43.4 Å². The molecule has 2 aliphatic heterocycles. The first-order valence-corrected chi connectivity index (χ1v) is 10.7. The number of benzene rings is 2. The number of hydrogen-bond donors (Lipinski definition) is 1. The lowest BCUT2D eigenvalue weighted by atomic mass is 9.83. The summed E-state index contributed by atoms with van der Waals surface area (Å²) in [5.41, 5.74) is 1.96.